The Morgan fingerprint density at radius 3 is 2.58 bits per heavy atom. The summed E-state index contributed by atoms with van der Waals surface area (Å²) in [6.45, 7) is 0. The number of rotatable bonds is 5. The fourth-order valence-electron chi connectivity index (χ4n) is 1.42. The van der Waals surface area contributed by atoms with Crippen LogP contribution in [0.15, 0.2) is 30.3 Å². The van der Waals surface area contributed by atoms with Gasteiger partial charge in [0.05, 0.1) is 6.42 Å². The molecule has 0 amide bonds. The highest BCUT2D eigenvalue weighted by atomic mass is 32.9. The first kappa shape index (κ1) is 14.0. The van der Waals surface area contributed by atoms with E-state index in [1.54, 1.807) is 32.8 Å². The molecule has 0 bridgehead atoms. The predicted molar refractivity (Wildman–Crippen MR) is 79.4 cm³/mol. The van der Waals surface area contributed by atoms with Gasteiger partial charge in [-0.3, -0.25) is 4.79 Å². The third-order valence-electron chi connectivity index (χ3n) is 2.30. The molecule has 0 aliphatic carbocycles. The normalized spacial score (nSPS) is 10.1. The molecule has 6 heteroatoms. The van der Waals surface area contributed by atoms with Gasteiger partial charge in [0.25, 0.3) is 0 Å². The van der Waals surface area contributed by atoms with Gasteiger partial charge in [0, 0.05) is 11.3 Å². The molecule has 0 unspecified atom stereocenters. The SMILES string of the molecule is O=CCCC(=O)Oc1ccc(-c2cc(=S)ss2)cc1. The molecule has 0 saturated carbocycles. The summed E-state index contributed by atoms with van der Waals surface area (Å²) in [6, 6.07) is 9.20. The summed E-state index contributed by atoms with van der Waals surface area (Å²) in [7, 11) is 3.19. The van der Waals surface area contributed by atoms with Crippen LogP contribution in [0.1, 0.15) is 12.8 Å². The largest absolute Gasteiger partial charge is 0.427 e. The highest BCUT2D eigenvalue weighted by Crippen LogP contribution is 2.30. The van der Waals surface area contributed by atoms with Crippen LogP contribution >= 0.6 is 32.9 Å². The summed E-state index contributed by atoms with van der Waals surface area (Å²) < 4.78 is 5.97. The average molecular weight is 310 g/mol. The number of hydrogen-bond donors (Lipinski definition) is 0. The predicted octanol–water partition coefficient (Wildman–Crippen LogP) is 4.09. The van der Waals surface area contributed by atoms with E-state index in [9.17, 15) is 9.59 Å². The van der Waals surface area contributed by atoms with Crippen molar-refractivity contribution in [1.29, 1.82) is 0 Å². The molecule has 2 rings (SSSR count). The van der Waals surface area contributed by atoms with Crippen LogP contribution in [0, 0.1) is 3.82 Å². The fourth-order valence-corrected chi connectivity index (χ4v) is 3.82. The van der Waals surface area contributed by atoms with Gasteiger partial charge in [0.15, 0.2) is 0 Å². The molecule has 0 saturated heterocycles. The van der Waals surface area contributed by atoms with E-state index < -0.39 is 5.97 Å². The van der Waals surface area contributed by atoms with E-state index in [2.05, 4.69) is 0 Å². The fraction of sp³-hybridized carbons (Fsp3) is 0.154. The summed E-state index contributed by atoms with van der Waals surface area (Å²) in [5.74, 6) is 0.0875. The van der Waals surface area contributed by atoms with Crippen molar-refractivity contribution in [3.05, 3.63) is 34.2 Å². The molecule has 0 spiro atoms. The van der Waals surface area contributed by atoms with Crippen LogP contribution in [0.5, 0.6) is 5.75 Å². The van der Waals surface area contributed by atoms with Crippen LogP contribution in [0.3, 0.4) is 0 Å². The molecule has 0 fully saturated rings. The van der Waals surface area contributed by atoms with E-state index in [1.165, 1.54) is 0 Å². The maximum atomic E-state index is 11.3. The Hall–Kier alpha value is -1.37. The van der Waals surface area contributed by atoms with Gasteiger partial charge in [-0.05, 0) is 35.9 Å². The molecule has 1 heterocycles. The van der Waals surface area contributed by atoms with Crippen LogP contribution in [-0.2, 0) is 9.59 Å². The minimum atomic E-state index is -0.397. The van der Waals surface area contributed by atoms with Crippen molar-refractivity contribution < 1.29 is 14.3 Å². The Bertz CT molecular complexity index is 625. The number of esters is 1. The number of benzene rings is 1. The van der Waals surface area contributed by atoms with Crippen LogP contribution in [-0.4, -0.2) is 12.3 Å². The number of carbonyl (C=O) groups is 2. The molecule has 1 aromatic heterocycles. The molecule has 0 aliphatic rings. The second-order valence-electron chi connectivity index (χ2n) is 3.70. The lowest BCUT2D eigenvalue weighted by Gasteiger charge is -2.03. The standard InChI is InChI=1S/C13H10O3S3/c14-7-1-2-12(15)16-10-5-3-9(4-6-10)11-8-13(17)19-18-11/h3-8H,1-2H2. The molecule has 0 N–H and O–H groups in total. The van der Waals surface area contributed by atoms with E-state index in [-0.39, 0.29) is 12.8 Å². The first-order valence-corrected chi connectivity index (χ1v) is 8.10. The molecule has 0 aliphatic heterocycles. The smallest absolute Gasteiger partial charge is 0.311 e. The van der Waals surface area contributed by atoms with Gasteiger partial charge >= 0.3 is 5.97 Å². The molecule has 3 nitrogen and oxygen atoms in total. The van der Waals surface area contributed by atoms with E-state index in [0.717, 1.165) is 14.3 Å². The highest BCUT2D eigenvalue weighted by Gasteiger charge is 2.05. The lowest BCUT2D eigenvalue weighted by atomic mass is 10.2. The monoisotopic (exact) mass is 310 g/mol. The first-order valence-electron chi connectivity index (χ1n) is 5.54. The van der Waals surface area contributed by atoms with E-state index >= 15 is 0 Å². The molecule has 98 valence electrons. The van der Waals surface area contributed by atoms with Crippen molar-refractivity contribution in [3.63, 3.8) is 0 Å². The van der Waals surface area contributed by atoms with E-state index in [1.807, 2.05) is 18.2 Å². The Balaban J connectivity index is 2.04. The molecular formula is C13H10O3S3. The van der Waals surface area contributed by atoms with Crippen LogP contribution in [0.2, 0.25) is 0 Å². The van der Waals surface area contributed by atoms with E-state index in [0.29, 0.717) is 12.0 Å². The molecule has 19 heavy (non-hydrogen) atoms. The van der Waals surface area contributed by atoms with Gasteiger partial charge in [0.1, 0.15) is 15.9 Å². The van der Waals surface area contributed by atoms with Crippen LogP contribution in [0.25, 0.3) is 10.4 Å². The summed E-state index contributed by atoms with van der Waals surface area (Å²) in [5.41, 5.74) is 1.05. The topological polar surface area (TPSA) is 43.4 Å². The van der Waals surface area contributed by atoms with Crippen LogP contribution < -0.4 is 4.74 Å². The number of hydrogen-bond acceptors (Lipinski definition) is 6. The Morgan fingerprint density at radius 1 is 1.26 bits per heavy atom. The summed E-state index contributed by atoms with van der Waals surface area (Å²) >= 11 is 5.09. The second-order valence-corrected chi connectivity index (χ2v) is 6.61. The summed E-state index contributed by atoms with van der Waals surface area (Å²) in [6.07, 6.45) is 1.00. The maximum absolute atomic E-state index is 11.3. The first-order chi connectivity index (χ1) is 9.19. The van der Waals surface area contributed by atoms with Gasteiger partial charge in [-0.2, -0.15) is 0 Å². The van der Waals surface area contributed by atoms with Crippen molar-refractivity contribution in [1.82, 2.24) is 0 Å². The van der Waals surface area contributed by atoms with Crippen molar-refractivity contribution in [2.75, 3.05) is 0 Å². The summed E-state index contributed by atoms with van der Waals surface area (Å²) in [4.78, 5) is 22.6. The minimum Gasteiger partial charge on any atom is -0.427 e. The lowest BCUT2D eigenvalue weighted by Crippen LogP contribution is -2.07. The molecule has 0 atom stereocenters. The lowest BCUT2D eigenvalue weighted by molar-refractivity contribution is -0.135. The van der Waals surface area contributed by atoms with Crippen molar-refractivity contribution in [3.8, 4) is 16.2 Å². The Morgan fingerprint density at radius 2 is 2.00 bits per heavy atom. The third-order valence-corrected chi connectivity index (χ3v) is 5.21. The van der Waals surface area contributed by atoms with Crippen LogP contribution in [0.4, 0.5) is 0 Å². The number of ether oxygens (including phenoxy) is 1. The average Bonchev–Trinajstić information content (AvgIpc) is 2.84. The van der Waals surface area contributed by atoms with Crippen molar-refractivity contribution in [2.24, 2.45) is 0 Å². The van der Waals surface area contributed by atoms with Gasteiger partial charge in [-0.25, -0.2) is 0 Å². The zero-order valence-electron chi connectivity index (χ0n) is 9.83. The Kier molecular flexibility index (Phi) is 4.95. The highest BCUT2D eigenvalue weighted by molar-refractivity contribution is 7.80. The second kappa shape index (κ2) is 6.70. The summed E-state index contributed by atoms with van der Waals surface area (Å²) in [5, 5.41) is 0. The minimum absolute atomic E-state index is 0.108. The zero-order valence-corrected chi connectivity index (χ0v) is 12.3. The molecule has 2 aromatic rings. The van der Waals surface area contributed by atoms with Gasteiger partial charge in [0.2, 0.25) is 0 Å². The maximum Gasteiger partial charge on any atom is 0.311 e. The van der Waals surface area contributed by atoms with Crippen molar-refractivity contribution >= 4 is 45.2 Å². The Labute approximate surface area is 122 Å². The van der Waals surface area contributed by atoms with Crippen molar-refractivity contribution in [2.45, 2.75) is 12.8 Å². The molecular weight excluding hydrogens is 300 g/mol. The zero-order chi connectivity index (χ0) is 13.7. The quantitative estimate of drug-likeness (QED) is 0.274. The van der Waals surface area contributed by atoms with Gasteiger partial charge < -0.3 is 9.53 Å². The number of aldehydes is 1. The third kappa shape index (κ3) is 4.05. The van der Waals surface area contributed by atoms with E-state index in [4.69, 9.17) is 17.0 Å². The number of carbonyl (C=O) groups excluding carboxylic acids is 2. The van der Waals surface area contributed by atoms with Gasteiger partial charge in [-0.1, -0.05) is 32.9 Å². The molecule has 1 aromatic carbocycles. The van der Waals surface area contributed by atoms with Gasteiger partial charge in [-0.15, -0.1) is 0 Å². The molecule has 0 radical (unpaired) electrons.